The van der Waals surface area contributed by atoms with Crippen molar-refractivity contribution in [3.8, 4) is 0 Å². The standard InChI is InChI=1S/C19H31N3O2.HI/c1-4-23-13-10-19(8-9-19)15-22-18(21-14-16(2)3)20-11-7-17-6-5-12-24-17;/h5-6,12H,2,4,7-11,13-15H2,1,3H3,(H2,20,21,22);1H. The molecule has 1 aromatic heterocycles. The summed E-state index contributed by atoms with van der Waals surface area (Å²) in [5.74, 6) is 1.84. The smallest absolute Gasteiger partial charge is 0.191 e. The number of hydrogen-bond acceptors (Lipinski definition) is 3. The number of nitrogens with zero attached hydrogens (tertiary/aromatic N) is 1. The highest BCUT2D eigenvalue weighted by molar-refractivity contribution is 14.0. The van der Waals surface area contributed by atoms with Crippen LogP contribution in [0.15, 0.2) is 40.0 Å². The van der Waals surface area contributed by atoms with Crippen LogP contribution < -0.4 is 10.6 Å². The Hall–Kier alpha value is -1.02. The molecular formula is C19H32IN3O2. The normalized spacial score (nSPS) is 15.4. The highest BCUT2D eigenvalue weighted by Crippen LogP contribution is 2.48. The van der Waals surface area contributed by atoms with Gasteiger partial charge in [-0.25, -0.2) is 0 Å². The van der Waals surface area contributed by atoms with Crippen molar-refractivity contribution in [1.82, 2.24) is 10.6 Å². The van der Waals surface area contributed by atoms with Crippen LogP contribution in [-0.4, -0.2) is 38.8 Å². The average molecular weight is 461 g/mol. The van der Waals surface area contributed by atoms with E-state index in [0.29, 0.717) is 5.41 Å². The van der Waals surface area contributed by atoms with Crippen LogP contribution in [0.2, 0.25) is 0 Å². The molecule has 0 radical (unpaired) electrons. The number of guanidine groups is 1. The highest BCUT2D eigenvalue weighted by atomic mass is 127. The topological polar surface area (TPSA) is 58.8 Å². The minimum absolute atomic E-state index is 0. The van der Waals surface area contributed by atoms with E-state index in [9.17, 15) is 0 Å². The lowest BCUT2D eigenvalue weighted by Crippen LogP contribution is -2.39. The Morgan fingerprint density at radius 3 is 2.80 bits per heavy atom. The van der Waals surface area contributed by atoms with Crippen LogP contribution in [-0.2, 0) is 11.2 Å². The summed E-state index contributed by atoms with van der Waals surface area (Å²) >= 11 is 0. The molecule has 0 atom stereocenters. The fourth-order valence-electron chi connectivity index (χ4n) is 2.51. The number of furan rings is 1. The second-order valence-corrected chi connectivity index (χ2v) is 6.68. The molecular weight excluding hydrogens is 429 g/mol. The molecule has 1 aliphatic rings. The summed E-state index contributed by atoms with van der Waals surface area (Å²) in [5.41, 5.74) is 1.45. The Morgan fingerprint density at radius 1 is 1.40 bits per heavy atom. The van der Waals surface area contributed by atoms with Gasteiger partial charge in [0.1, 0.15) is 5.76 Å². The Balaban J connectivity index is 0.00000312. The molecule has 0 aliphatic heterocycles. The highest BCUT2D eigenvalue weighted by Gasteiger charge is 2.41. The van der Waals surface area contributed by atoms with E-state index >= 15 is 0 Å². The van der Waals surface area contributed by atoms with Gasteiger partial charge in [-0.2, -0.15) is 0 Å². The predicted molar refractivity (Wildman–Crippen MR) is 114 cm³/mol. The first kappa shape index (κ1) is 22.0. The number of nitrogens with one attached hydrogen (secondary N) is 2. The fourth-order valence-corrected chi connectivity index (χ4v) is 2.51. The van der Waals surface area contributed by atoms with E-state index in [1.165, 1.54) is 12.8 Å². The van der Waals surface area contributed by atoms with E-state index in [4.69, 9.17) is 14.1 Å². The fraction of sp³-hybridized carbons (Fsp3) is 0.632. The van der Waals surface area contributed by atoms with Gasteiger partial charge in [0.2, 0.25) is 0 Å². The van der Waals surface area contributed by atoms with Crippen LogP contribution >= 0.6 is 24.0 Å². The van der Waals surface area contributed by atoms with Crippen molar-refractivity contribution >= 4 is 29.9 Å². The number of aliphatic imine (C=N–C) groups is 1. The molecule has 25 heavy (non-hydrogen) atoms. The summed E-state index contributed by atoms with van der Waals surface area (Å²) in [7, 11) is 0. The zero-order chi connectivity index (χ0) is 17.3. The second-order valence-electron chi connectivity index (χ2n) is 6.68. The maximum Gasteiger partial charge on any atom is 0.191 e. The van der Waals surface area contributed by atoms with Gasteiger partial charge in [-0.05, 0) is 50.7 Å². The summed E-state index contributed by atoms with van der Waals surface area (Å²) in [4.78, 5) is 4.79. The number of ether oxygens (including phenoxy) is 1. The third-order valence-corrected chi connectivity index (χ3v) is 4.31. The van der Waals surface area contributed by atoms with Crippen LogP contribution in [0.4, 0.5) is 0 Å². The van der Waals surface area contributed by atoms with Crippen molar-refractivity contribution in [2.45, 2.75) is 39.5 Å². The minimum Gasteiger partial charge on any atom is -0.469 e. The molecule has 0 saturated heterocycles. The molecule has 0 spiro atoms. The monoisotopic (exact) mass is 461 g/mol. The van der Waals surface area contributed by atoms with Crippen LogP contribution in [0, 0.1) is 5.41 Å². The van der Waals surface area contributed by atoms with Gasteiger partial charge in [-0.15, -0.1) is 24.0 Å². The Kier molecular flexibility index (Phi) is 10.2. The average Bonchev–Trinajstić information content (AvgIpc) is 3.13. The summed E-state index contributed by atoms with van der Waals surface area (Å²) in [5, 5.41) is 6.73. The van der Waals surface area contributed by atoms with E-state index in [1.54, 1.807) is 6.26 Å². The first-order valence-electron chi connectivity index (χ1n) is 8.90. The predicted octanol–water partition coefficient (Wildman–Crippen LogP) is 3.76. The van der Waals surface area contributed by atoms with E-state index in [2.05, 4.69) is 17.2 Å². The molecule has 1 saturated carbocycles. The van der Waals surface area contributed by atoms with Gasteiger partial charge in [-0.3, -0.25) is 4.99 Å². The van der Waals surface area contributed by atoms with Crippen molar-refractivity contribution in [3.05, 3.63) is 36.3 Å². The minimum atomic E-state index is 0. The molecule has 5 nitrogen and oxygen atoms in total. The zero-order valence-corrected chi connectivity index (χ0v) is 17.8. The van der Waals surface area contributed by atoms with Crippen molar-refractivity contribution < 1.29 is 9.15 Å². The van der Waals surface area contributed by atoms with E-state index in [0.717, 1.165) is 63.0 Å². The molecule has 1 fully saturated rings. The summed E-state index contributed by atoms with van der Waals surface area (Å²) < 4.78 is 10.9. The molecule has 0 amide bonds. The van der Waals surface area contributed by atoms with Gasteiger partial charge in [-0.1, -0.05) is 12.2 Å². The number of rotatable bonds is 11. The van der Waals surface area contributed by atoms with Gasteiger partial charge < -0.3 is 19.8 Å². The molecule has 2 rings (SSSR count). The maximum absolute atomic E-state index is 5.50. The number of hydrogen-bond donors (Lipinski definition) is 2. The van der Waals surface area contributed by atoms with E-state index in [1.807, 2.05) is 26.0 Å². The SMILES string of the molecule is C=C(C)CNC(=NCC1(CCOCC)CC1)NCCc1ccco1.I. The van der Waals surface area contributed by atoms with Gasteiger partial charge >= 0.3 is 0 Å². The quantitative estimate of drug-likeness (QED) is 0.173. The maximum atomic E-state index is 5.50. The Morgan fingerprint density at radius 2 is 2.20 bits per heavy atom. The molecule has 2 N–H and O–H groups in total. The molecule has 6 heteroatoms. The molecule has 0 unspecified atom stereocenters. The molecule has 0 bridgehead atoms. The summed E-state index contributed by atoms with van der Waals surface area (Å²) in [6, 6.07) is 3.91. The molecule has 1 heterocycles. The van der Waals surface area contributed by atoms with Crippen molar-refractivity contribution in [3.63, 3.8) is 0 Å². The first-order chi connectivity index (χ1) is 11.6. The number of halogens is 1. The molecule has 0 aromatic carbocycles. The third kappa shape index (κ3) is 8.76. The van der Waals surface area contributed by atoms with Gasteiger partial charge in [0.15, 0.2) is 5.96 Å². The van der Waals surface area contributed by atoms with Crippen LogP contribution in [0.3, 0.4) is 0 Å². The molecule has 1 aromatic rings. The second kappa shape index (κ2) is 11.6. The van der Waals surface area contributed by atoms with E-state index in [-0.39, 0.29) is 24.0 Å². The van der Waals surface area contributed by atoms with Crippen molar-refractivity contribution in [1.29, 1.82) is 0 Å². The lowest BCUT2D eigenvalue weighted by Gasteiger charge is -2.16. The molecule has 1 aliphatic carbocycles. The van der Waals surface area contributed by atoms with E-state index < -0.39 is 0 Å². The lowest BCUT2D eigenvalue weighted by molar-refractivity contribution is 0.129. The first-order valence-corrected chi connectivity index (χ1v) is 8.90. The van der Waals surface area contributed by atoms with Gasteiger partial charge in [0, 0.05) is 39.3 Å². The lowest BCUT2D eigenvalue weighted by atomic mass is 10.0. The van der Waals surface area contributed by atoms with Crippen LogP contribution in [0.5, 0.6) is 0 Å². The van der Waals surface area contributed by atoms with Crippen molar-refractivity contribution in [2.75, 3.05) is 32.8 Å². The Bertz CT molecular complexity index is 525. The zero-order valence-electron chi connectivity index (χ0n) is 15.5. The van der Waals surface area contributed by atoms with Crippen LogP contribution in [0.25, 0.3) is 0 Å². The third-order valence-electron chi connectivity index (χ3n) is 4.31. The van der Waals surface area contributed by atoms with Gasteiger partial charge in [0.05, 0.1) is 6.26 Å². The van der Waals surface area contributed by atoms with Gasteiger partial charge in [0.25, 0.3) is 0 Å². The van der Waals surface area contributed by atoms with Crippen molar-refractivity contribution in [2.24, 2.45) is 10.4 Å². The summed E-state index contributed by atoms with van der Waals surface area (Å²) in [6.45, 7) is 12.0. The largest absolute Gasteiger partial charge is 0.469 e. The van der Waals surface area contributed by atoms with Crippen LogP contribution in [0.1, 0.15) is 38.9 Å². The summed E-state index contributed by atoms with van der Waals surface area (Å²) in [6.07, 6.45) is 6.16. The molecule has 142 valence electrons. The Labute approximate surface area is 168 Å².